The summed E-state index contributed by atoms with van der Waals surface area (Å²) in [5.41, 5.74) is 0. The van der Waals surface area contributed by atoms with Crippen molar-refractivity contribution in [3.8, 4) is 0 Å². The van der Waals surface area contributed by atoms with Gasteiger partial charge in [0.1, 0.15) is 0 Å². The Morgan fingerprint density at radius 2 is 1.26 bits per heavy atom. The van der Waals surface area contributed by atoms with Gasteiger partial charge in [0.25, 0.3) is 0 Å². The van der Waals surface area contributed by atoms with Crippen molar-refractivity contribution in [1.29, 1.82) is 0 Å². The highest BCUT2D eigenvalue weighted by Crippen LogP contribution is 2.11. The molecule has 138 valence electrons. The molecule has 0 aliphatic carbocycles. The zero-order valence-corrected chi connectivity index (χ0v) is 15.4. The molecule has 0 aliphatic rings. The topological polar surface area (TPSA) is 55.8 Å². The lowest BCUT2D eigenvalue weighted by atomic mass is 10.1. The quantitative estimate of drug-likeness (QED) is 0.265. The van der Waals surface area contributed by atoms with E-state index < -0.39 is 5.97 Å². The average Bonchev–Trinajstić information content (AvgIpc) is 2.53. The highest BCUT2D eigenvalue weighted by atomic mass is 16.7. The maximum Gasteiger partial charge on any atom is 0.303 e. The Morgan fingerprint density at radius 1 is 0.783 bits per heavy atom. The largest absolute Gasteiger partial charge is 0.481 e. The number of ether oxygens (including phenoxy) is 2. The molecular weight excluding hydrogens is 292 g/mol. The monoisotopic (exact) mass is 330 g/mol. The van der Waals surface area contributed by atoms with Crippen LogP contribution in [0.4, 0.5) is 0 Å². The van der Waals surface area contributed by atoms with E-state index in [0.29, 0.717) is 12.8 Å². The fourth-order valence-electron chi connectivity index (χ4n) is 2.48. The second-order valence-electron chi connectivity index (χ2n) is 6.29. The Bertz CT molecular complexity index is 240. The van der Waals surface area contributed by atoms with E-state index in [1.54, 1.807) is 0 Å². The number of hydrogen-bond donors (Lipinski definition) is 1. The number of unbranched alkanes of at least 4 members (excludes halogenated alkanes) is 8. The highest BCUT2D eigenvalue weighted by Gasteiger charge is 2.10. The van der Waals surface area contributed by atoms with Gasteiger partial charge in [0.2, 0.25) is 0 Å². The van der Waals surface area contributed by atoms with Crippen molar-refractivity contribution in [2.24, 2.45) is 0 Å². The minimum absolute atomic E-state index is 0.191. The molecule has 0 bridgehead atoms. The summed E-state index contributed by atoms with van der Waals surface area (Å²) in [6, 6.07) is 0. The number of carboxylic acids is 1. The van der Waals surface area contributed by atoms with Gasteiger partial charge in [0.05, 0.1) is 0 Å². The summed E-state index contributed by atoms with van der Waals surface area (Å²) >= 11 is 0. The van der Waals surface area contributed by atoms with Crippen molar-refractivity contribution < 1.29 is 19.4 Å². The van der Waals surface area contributed by atoms with Crippen LogP contribution in [0.1, 0.15) is 97.3 Å². The fraction of sp³-hybridized carbons (Fsp3) is 0.947. The zero-order chi connectivity index (χ0) is 17.2. The van der Waals surface area contributed by atoms with Crippen molar-refractivity contribution in [3.63, 3.8) is 0 Å². The normalized spacial score (nSPS) is 11.3. The van der Waals surface area contributed by atoms with E-state index in [2.05, 4.69) is 13.8 Å². The molecule has 23 heavy (non-hydrogen) atoms. The molecule has 0 unspecified atom stereocenters. The molecule has 0 spiro atoms. The van der Waals surface area contributed by atoms with Crippen LogP contribution in [0, 0.1) is 0 Å². The fourth-order valence-corrected chi connectivity index (χ4v) is 2.48. The van der Waals surface area contributed by atoms with E-state index in [0.717, 1.165) is 26.1 Å². The van der Waals surface area contributed by atoms with Crippen LogP contribution in [0.25, 0.3) is 0 Å². The molecule has 0 saturated heterocycles. The Kier molecular flexibility index (Phi) is 17.3. The van der Waals surface area contributed by atoms with Crippen LogP contribution in [0.15, 0.2) is 0 Å². The molecule has 0 aliphatic heterocycles. The molecule has 0 aromatic carbocycles. The highest BCUT2D eigenvalue weighted by molar-refractivity contribution is 5.66. The number of aliphatic carboxylic acids is 1. The summed E-state index contributed by atoms with van der Waals surface area (Å²) in [5.74, 6) is -0.747. The maximum atomic E-state index is 10.6. The van der Waals surface area contributed by atoms with Crippen molar-refractivity contribution in [2.45, 2.75) is 104 Å². The summed E-state index contributed by atoms with van der Waals surface area (Å²) in [7, 11) is 0. The van der Waals surface area contributed by atoms with E-state index in [-0.39, 0.29) is 12.7 Å². The zero-order valence-electron chi connectivity index (χ0n) is 15.4. The van der Waals surface area contributed by atoms with Crippen LogP contribution in [-0.4, -0.2) is 30.6 Å². The summed E-state index contributed by atoms with van der Waals surface area (Å²) < 4.78 is 11.6. The van der Waals surface area contributed by atoms with Gasteiger partial charge in [0.15, 0.2) is 6.29 Å². The Balaban J connectivity index is 3.77. The Hall–Kier alpha value is -0.610. The lowest BCUT2D eigenvalue weighted by Crippen LogP contribution is -2.19. The van der Waals surface area contributed by atoms with Crippen molar-refractivity contribution in [3.05, 3.63) is 0 Å². The van der Waals surface area contributed by atoms with Crippen LogP contribution in [0.5, 0.6) is 0 Å². The molecule has 0 amide bonds. The van der Waals surface area contributed by atoms with Crippen molar-refractivity contribution in [2.75, 3.05) is 13.2 Å². The molecule has 0 radical (unpaired) electrons. The lowest BCUT2D eigenvalue weighted by Gasteiger charge is -2.18. The van der Waals surface area contributed by atoms with E-state index in [1.165, 1.54) is 51.4 Å². The van der Waals surface area contributed by atoms with Gasteiger partial charge in [-0.05, 0) is 25.7 Å². The second kappa shape index (κ2) is 17.7. The minimum atomic E-state index is -0.747. The Morgan fingerprint density at radius 3 is 1.70 bits per heavy atom. The second-order valence-corrected chi connectivity index (χ2v) is 6.29. The summed E-state index contributed by atoms with van der Waals surface area (Å²) in [5, 5.41) is 8.74. The molecule has 0 fully saturated rings. The minimum Gasteiger partial charge on any atom is -0.481 e. The van der Waals surface area contributed by atoms with Gasteiger partial charge >= 0.3 is 5.97 Å². The van der Waals surface area contributed by atoms with E-state index in [1.807, 2.05) is 0 Å². The molecule has 4 heteroatoms. The third kappa shape index (κ3) is 17.6. The molecule has 0 aromatic heterocycles. The van der Waals surface area contributed by atoms with Crippen LogP contribution in [-0.2, 0) is 14.3 Å². The standard InChI is InChI=1S/C19H38O4/c1-3-5-7-9-11-16-22-19(15-13-14-18(20)21)23-17-12-10-8-6-4-2/h19H,3-17H2,1-2H3,(H,20,21). The Labute approximate surface area is 142 Å². The van der Waals surface area contributed by atoms with E-state index >= 15 is 0 Å². The molecule has 0 rings (SSSR count). The summed E-state index contributed by atoms with van der Waals surface area (Å²) in [4.78, 5) is 10.6. The molecule has 0 saturated carbocycles. The predicted octanol–water partition coefficient (Wildman–Crippen LogP) is 5.54. The SMILES string of the molecule is CCCCCCCOC(CCCC(=O)O)OCCCCCCC. The van der Waals surface area contributed by atoms with Gasteiger partial charge in [-0.25, -0.2) is 0 Å². The average molecular weight is 331 g/mol. The molecular formula is C19H38O4. The molecule has 0 atom stereocenters. The van der Waals surface area contributed by atoms with E-state index in [4.69, 9.17) is 14.6 Å². The van der Waals surface area contributed by atoms with Crippen molar-refractivity contribution in [1.82, 2.24) is 0 Å². The summed E-state index contributed by atoms with van der Waals surface area (Å²) in [6.45, 7) is 5.86. The number of hydrogen-bond acceptors (Lipinski definition) is 3. The molecule has 4 nitrogen and oxygen atoms in total. The predicted molar refractivity (Wildman–Crippen MR) is 94.7 cm³/mol. The van der Waals surface area contributed by atoms with Gasteiger partial charge in [-0.15, -0.1) is 0 Å². The number of carboxylic acid groups (broad SMARTS) is 1. The first-order valence-electron chi connectivity index (χ1n) is 9.65. The molecule has 0 aromatic rings. The molecule has 1 N–H and O–H groups in total. The number of rotatable bonds is 18. The first kappa shape index (κ1) is 22.4. The third-order valence-electron chi connectivity index (χ3n) is 3.93. The first-order valence-corrected chi connectivity index (χ1v) is 9.65. The van der Waals surface area contributed by atoms with Gasteiger partial charge in [0, 0.05) is 19.6 Å². The van der Waals surface area contributed by atoms with Gasteiger partial charge in [-0.1, -0.05) is 65.2 Å². The van der Waals surface area contributed by atoms with Crippen molar-refractivity contribution >= 4 is 5.97 Å². The van der Waals surface area contributed by atoms with Crippen LogP contribution >= 0.6 is 0 Å². The molecule has 0 heterocycles. The van der Waals surface area contributed by atoms with Crippen LogP contribution in [0.3, 0.4) is 0 Å². The maximum absolute atomic E-state index is 10.6. The smallest absolute Gasteiger partial charge is 0.303 e. The third-order valence-corrected chi connectivity index (χ3v) is 3.93. The van der Waals surface area contributed by atoms with E-state index in [9.17, 15) is 4.79 Å². The number of carbonyl (C=O) groups is 1. The van der Waals surface area contributed by atoms with Gasteiger partial charge < -0.3 is 14.6 Å². The van der Waals surface area contributed by atoms with Crippen LogP contribution < -0.4 is 0 Å². The first-order chi connectivity index (χ1) is 11.2. The van der Waals surface area contributed by atoms with Gasteiger partial charge in [-0.2, -0.15) is 0 Å². The lowest BCUT2D eigenvalue weighted by molar-refractivity contribution is -0.150. The summed E-state index contributed by atoms with van der Waals surface area (Å²) in [6.07, 6.45) is 13.4. The van der Waals surface area contributed by atoms with Crippen LogP contribution in [0.2, 0.25) is 0 Å². The van der Waals surface area contributed by atoms with Gasteiger partial charge in [-0.3, -0.25) is 4.79 Å².